The summed E-state index contributed by atoms with van der Waals surface area (Å²) in [5.74, 6) is -0.745. The first-order chi connectivity index (χ1) is 11.9. The third-order valence-electron chi connectivity index (χ3n) is 4.33. The Labute approximate surface area is 148 Å². The molecule has 0 N–H and O–H groups in total. The van der Waals surface area contributed by atoms with Gasteiger partial charge in [-0.2, -0.15) is 0 Å². The molecule has 1 aromatic rings. The van der Waals surface area contributed by atoms with Crippen molar-refractivity contribution in [3.63, 3.8) is 0 Å². The SMILES string of the molecule is COCCN1CC(=O)N(Cc2ccccc2)[C@@H](C)C(=O)N(C)CC1=O. The summed E-state index contributed by atoms with van der Waals surface area (Å²) < 4.78 is 5.02. The maximum atomic E-state index is 12.8. The Hall–Kier alpha value is -2.41. The molecule has 0 aliphatic carbocycles. The highest BCUT2D eigenvalue weighted by atomic mass is 16.5. The summed E-state index contributed by atoms with van der Waals surface area (Å²) in [6.07, 6.45) is 0. The molecule has 7 heteroatoms. The van der Waals surface area contributed by atoms with Crippen molar-refractivity contribution in [3.05, 3.63) is 35.9 Å². The van der Waals surface area contributed by atoms with Crippen LogP contribution in [0.4, 0.5) is 0 Å². The number of ether oxygens (including phenoxy) is 1. The van der Waals surface area contributed by atoms with Gasteiger partial charge in [-0.25, -0.2) is 0 Å². The predicted octanol–water partition coefficient (Wildman–Crippen LogP) is 0.351. The van der Waals surface area contributed by atoms with E-state index in [-0.39, 0.29) is 30.8 Å². The highest BCUT2D eigenvalue weighted by Gasteiger charge is 2.33. The van der Waals surface area contributed by atoms with Gasteiger partial charge in [0.15, 0.2) is 0 Å². The molecule has 1 heterocycles. The van der Waals surface area contributed by atoms with Crippen LogP contribution in [0.5, 0.6) is 0 Å². The zero-order valence-corrected chi connectivity index (χ0v) is 15.0. The van der Waals surface area contributed by atoms with Crippen LogP contribution in [0.25, 0.3) is 0 Å². The number of methoxy groups -OCH3 is 1. The zero-order chi connectivity index (χ0) is 18.4. The number of hydrogen-bond acceptors (Lipinski definition) is 4. The van der Waals surface area contributed by atoms with Gasteiger partial charge in [0, 0.05) is 27.2 Å². The van der Waals surface area contributed by atoms with Crippen molar-refractivity contribution in [2.75, 3.05) is 40.4 Å². The Morgan fingerprint density at radius 1 is 1.08 bits per heavy atom. The molecule has 2 rings (SSSR count). The van der Waals surface area contributed by atoms with E-state index in [1.165, 1.54) is 14.7 Å². The van der Waals surface area contributed by atoms with E-state index in [1.807, 2.05) is 30.3 Å². The summed E-state index contributed by atoms with van der Waals surface area (Å²) in [4.78, 5) is 42.2. The lowest BCUT2D eigenvalue weighted by Gasteiger charge is -2.30. The third-order valence-corrected chi connectivity index (χ3v) is 4.33. The molecular weight excluding hydrogens is 322 g/mol. The Balaban J connectivity index is 2.27. The van der Waals surface area contributed by atoms with Gasteiger partial charge < -0.3 is 19.4 Å². The molecule has 7 nitrogen and oxygen atoms in total. The molecule has 0 radical (unpaired) electrons. The van der Waals surface area contributed by atoms with Gasteiger partial charge in [-0.3, -0.25) is 14.4 Å². The molecule has 0 bridgehead atoms. The third kappa shape index (κ3) is 4.79. The molecule has 1 aliphatic rings. The molecule has 1 aliphatic heterocycles. The van der Waals surface area contributed by atoms with Gasteiger partial charge in [0.1, 0.15) is 6.04 Å². The number of likely N-dealkylation sites (N-methyl/N-ethyl adjacent to an activating group) is 1. The molecule has 0 unspecified atom stereocenters. The molecule has 1 fully saturated rings. The van der Waals surface area contributed by atoms with Crippen LogP contribution >= 0.6 is 0 Å². The fraction of sp³-hybridized carbons (Fsp3) is 0.500. The highest BCUT2D eigenvalue weighted by Crippen LogP contribution is 2.13. The fourth-order valence-electron chi connectivity index (χ4n) is 2.80. The van der Waals surface area contributed by atoms with Crippen LogP contribution in [-0.2, 0) is 25.7 Å². The first-order valence-corrected chi connectivity index (χ1v) is 8.29. The minimum absolute atomic E-state index is 0.0423. The molecule has 0 spiro atoms. The maximum Gasteiger partial charge on any atom is 0.245 e. The molecular formula is C18H25N3O4. The summed E-state index contributed by atoms with van der Waals surface area (Å²) in [6.45, 7) is 2.59. The van der Waals surface area contributed by atoms with E-state index >= 15 is 0 Å². The Bertz CT molecular complexity index is 620. The number of rotatable bonds is 5. The molecule has 3 amide bonds. The van der Waals surface area contributed by atoms with Crippen molar-refractivity contribution in [1.82, 2.24) is 14.7 Å². The summed E-state index contributed by atoms with van der Waals surface area (Å²) in [5.41, 5.74) is 0.937. The summed E-state index contributed by atoms with van der Waals surface area (Å²) in [5, 5.41) is 0. The second-order valence-corrected chi connectivity index (χ2v) is 6.19. The van der Waals surface area contributed by atoms with Crippen molar-refractivity contribution in [2.45, 2.75) is 19.5 Å². The van der Waals surface area contributed by atoms with Crippen molar-refractivity contribution in [1.29, 1.82) is 0 Å². The first-order valence-electron chi connectivity index (χ1n) is 8.29. The van der Waals surface area contributed by atoms with E-state index in [1.54, 1.807) is 21.1 Å². The molecule has 1 saturated heterocycles. The van der Waals surface area contributed by atoms with E-state index in [9.17, 15) is 14.4 Å². The number of carbonyl (C=O) groups is 3. The minimum Gasteiger partial charge on any atom is -0.383 e. The Kier molecular flexibility index (Phi) is 6.52. The van der Waals surface area contributed by atoms with Crippen LogP contribution in [-0.4, -0.2) is 78.9 Å². The lowest BCUT2D eigenvalue weighted by molar-refractivity contribution is -0.144. The quantitative estimate of drug-likeness (QED) is 0.771. The number of carbonyl (C=O) groups excluding carboxylic acids is 3. The molecule has 1 atom stereocenters. The van der Waals surface area contributed by atoms with Crippen LogP contribution < -0.4 is 0 Å². The average Bonchev–Trinajstić information content (AvgIpc) is 2.63. The molecule has 25 heavy (non-hydrogen) atoms. The van der Waals surface area contributed by atoms with Crippen LogP contribution in [0.1, 0.15) is 12.5 Å². The number of amides is 3. The summed E-state index contributed by atoms with van der Waals surface area (Å²) in [6, 6.07) is 8.88. The van der Waals surface area contributed by atoms with Crippen molar-refractivity contribution in [3.8, 4) is 0 Å². The van der Waals surface area contributed by atoms with Gasteiger partial charge in [-0.15, -0.1) is 0 Å². The van der Waals surface area contributed by atoms with Crippen LogP contribution in [0.3, 0.4) is 0 Å². The zero-order valence-electron chi connectivity index (χ0n) is 15.0. The number of nitrogens with zero attached hydrogens (tertiary/aromatic N) is 3. The normalized spacial score (nSPS) is 19.7. The molecule has 1 aromatic carbocycles. The van der Waals surface area contributed by atoms with Gasteiger partial charge in [0.25, 0.3) is 0 Å². The van der Waals surface area contributed by atoms with Crippen molar-refractivity contribution < 1.29 is 19.1 Å². The van der Waals surface area contributed by atoms with E-state index in [4.69, 9.17) is 4.74 Å². The molecule has 0 saturated carbocycles. The van der Waals surface area contributed by atoms with Crippen LogP contribution in [0.15, 0.2) is 30.3 Å². The lowest BCUT2D eigenvalue weighted by Crippen LogP contribution is -2.48. The van der Waals surface area contributed by atoms with Gasteiger partial charge >= 0.3 is 0 Å². The standard InChI is InChI=1S/C18H25N3O4/c1-14-18(24)19(2)12-16(22)20(9-10-25-3)13-17(23)21(14)11-15-7-5-4-6-8-15/h4-8,14H,9-13H2,1-3H3/t14-/m0/s1. The summed E-state index contributed by atoms with van der Waals surface area (Å²) >= 11 is 0. The average molecular weight is 347 g/mol. The van der Waals surface area contributed by atoms with Gasteiger partial charge in [-0.05, 0) is 12.5 Å². The second-order valence-electron chi connectivity index (χ2n) is 6.19. The monoisotopic (exact) mass is 347 g/mol. The summed E-state index contributed by atoms with van der Waals surface area (Å²) in [7, 11) is 3.13. The lowest BCUT2D eigenvalue weighted by atomic mass is 10.1. The topological polar surface area (TPSA) is 70.2 Å². The van der Waals surface area contributed by atoms with Gasteiger partial charge in [0.2, 0.25) is 17.7 Å². The highest BCUT2D eigenvalue weighted by molar-refractivity contribution is 5.94. The maximum absolute atomic E-state index is 12.8. The molecule has 0 aromatic heterocycles. The van der Waals surface area contributed by atoms with E-state index < -0.39 is 6.04 Å². The smallest absolute Gasteiger partial charge is 0.245 e. The van der Waals surface area contributed by atoms with Crippen LogP contribution in [0.2, 0.25) is 0 Å². The number of benzene rings is 1. The van der Waals surface area contributed by atoms with Gasteiger partial charge in [-0.1, -0.05) is 30.3 Å². The van der Waals surface area contributed by atoms with E-state index in [0.29, 0.717) is 19.7 Å². The predicted molar refractivity (Wildman–Crippen MR) is 92.5 cm³/mol. The second kappa shape index (κ2) is 8.62. The van der Waals surface area contributed by atoms with E-state index in [2.05, 4.69) is 0 Å². The molecule has 136 valence electrons. The van der Waals surface area contributed by atoms with Crippen molar-refractivity contribution in [2.24, 2.45) is 0 Å². The van der Waals surface area contributed by atoms with Crippen molar-refractivity contribution >= 4 is 17.7 Å². The van der Waals surface area contributed by atoms with E-state index in [0.717, 1.165) is 5.56 Å². The van der Waals surface area contributed by atoms with Crippen LogP contribution in [0, 0.1) is 0 Å². The first kappa shape index (κ1) is 18.9. The Morgan fingerprint density at radius 2 is 1.76 bits per heavy atom. The van der Waals surface area contributed by atoms with Gasteiger partial charge in [0.05, 0.1) is 19.7 Å². The minimum atomic E-state index is -0.632. The number of hydrogen-bond donors (Lipinski definition) is 0. The largest absolute Gasteiger partial charge is 0.383 e. The fourth-order valence-corrected chi connectivity index (χ4v) is 2.80. The Morgan fingerprint density at radius 3 is 2.40 bits per heavy atom.